The minimum Gasteiger partial charge on any atom is -0.303 e. The van der Waals surface area contributed by atoms with E-state index in [1.54, 1.807) is 0 Å². The number of hydrogen-bond acceptors (Lipinski definition) is 1. The van der Waals surface area contributed by atoms with Crippen molar-refractivity contribution in [2.24, 2.45) is 17.3 Å². The van der Waals surface area contributed by atoms with Crippen LogP contribution in [0.3, 0.4) is 0 Å². The molecule has 0 aromatic carbocycles. The topological polar surface area (TPSA) is 17.1 Å². The van der Waals surface area contributed by atoms with E-state index in [4.69, 9.17) is 0 Å². The number of rotatable bonds is 2. The molecular formula is C16H20O. The lowest BCUT2D eigenvalue weighted by molar-refractivity contribution is -0.111. The van der Waals surface area contributed by atoms with Crippen LogP contribution in [0.25, 0.3) is 0 Å². The van der Waals surface area contributed by atoms with Gasteiger partial charge in [0.05, 0.1) is 0 Å². The first-order valence-electron chi connectivity index (χ1n) is 6.22. The van der Waals surface area contributed by atoms with Crippen molar-refractivity contribution in [2.45, 2.75) is 27.7 Å². The Balaban J connectivity index is 2.50. The molecule has 90 valence electrons. The Morgan fingerprint density at radius 2 is 2.00 bits per heavy atom. The lowest BCUT2D eigenvalue weighted by atomic mass is 9.66. The van der Waals surface area contributed by atoms with E-state index in [0.717, 1.165) is 6.29 Å². The van der Waals surface area contributed by atoms with Gasteiger partial charge in [-0.1, -0.05) is 49.8 Å². The van der Waals surface area contributed by atoms with Crippen LogP contribution in [0.15, 0.2) is 47.1 Å². The standard InChI is InChI=1S/C16H20O/c1-11-9-12(2)15(13(11)3)16(4)8-6-5-7-14(16)10-17/h5-10,12,14H,1-4H3. The second-order valence-electron chi connectivity index (χ2n) is 5.37. The van der Waals surface area contributed by atoms with Gasteiger partial charge in [0.25, 0.3) is 0 Å². The molecule has 1 heteroatoms. The fourth-order valence-electron chi connectivity index (χ4n) is 3.24. The van der Waals surface area contributed by atoms with Crippen molar-refractivity contribution in [3.05, 3.63) is 47.1 Å². The predicted molar refractivity (Wildman–Crippen MR) is 71.6 cm³/mol. The van der Waals surface area contributed by atoms with E-state index < -0.39 is 0 Å². The molecule has 0 fully saturated rings. The molecule has 0 spiro atoms. The molecule has 2 aliphatic carbocycles. The first-order chi connectivity index (χ1) is 8.00. The van der Waals surface area contributed by atoms with Gasteiger partial charge in [-0.3, -0.25) is 0 Å². The van der Waals surface area contributed by atoms with Gasteiger partial charge in [-0.05, 0) is 30.9 Å². The molecule has 3 unspecified atom stereocenters. The summed E-state index contributed by atoms with van der Waals surface area (Å²) in [6.07, 6.45) is 11.6. The molecule has 0 saturated heterocycles. The Bertz CT molecular complexity index is 462. The van der Waals surface area contributed by atoms with E-state index in [0.29, 0.717) is 5.92 Å². The second-order valence-corrected chi connectivity index (χ2v) is 5.37. The molecule has 0 saturated carbocycles. The van der Waals surface area contributed by atoms with Crippen molar-refractivity contribution in [3.8, 4) is 0 Å². The average molecular weight is 228 g/mol. The summed E-state index contributed by atoms with van der Waals surface area (Å²) in [6, 6.07) is 0. The molecule has 0 aromatic heterocycles. The van der Waals surface area contributed by atoms with Crippen molar-refractivity contribution in [1.29, 1.82) is 0 Å². The SMILES string of the molecule is CC1=CC(C)C(C2(C)C=CC=CC2C=O)=C1C. The zero-order valence-electron chi connectivity index (χ0n) is 11.0. The van der Waals surface area contributed by atoms with Crippen molar-refractivity contribution >= 4 is 6.29 Å². The maximum Gasteiger partial charge on any atom is 0.128 e. The maximum absolute atomic E-state index is 11.3. The Morgan fingerprint density at radius 1 is 1.29 bits per heavy atom. The summed E-state index contributed by atoms with van der Waals surface area (Å²) in [5, 5.41) is 0. The third kappa shape index (κ3) is 1.74. The molecule has 0 heterocycles. The average Bonchev–Trinajstić information content (AvgIpc) is 2.54. The normalized spacial score (nSPS) is 36.4. The molecule has 0 N–H and O–H groups in total. The van der Waals surface area contributed by atoms with Gasteiger partial charge in [-0.15, -0.1) is 0 Å². The van der Waals surface area contributed by atoms with E-state index in [9.17, 15) is 4.79 Å². The van der Waals surface area contributed by atoms with Crippen LogP contribution in [-0.4, -0.2) is 6.29 Å². The van der Waals surface area contributed by atoms with Crippen LogP contribution in [0, 0.1) is 17.3 Å². The lowest BCUT2D eigenvalue weighted by Gasteiger charge is -2.36. The Labute approximate surface area is 104 Å². The van der Waals surface area contributed by atoms with Crippen molar-refractivity contribution in [2.75, 3.05) is 0 Å². The van der Waals surface area contributed by atoms with Crippen LogP contribution in [0.5, 0.6) is 0 Å². The van der Waals surface area contributed by atoms with E-state index in [1.165, 1.54) is 16.7 Å². The van der Waals surface area contributed by atoms with Gasteiger partial charge in [0, 0.05) is 11.3 Å². The fraction of sp³-hybridized carbons (Fsp3) is 0.438. The Morgan fingerprint density at radius 3 is 2.53 bits per heavy atom. The molecule has 3 atom stereocenters. The highest BCUT2D eigenvalue weighted by molar-refractivity contribution is 5.64. The van der Waals surface area contributed by atoms with Gasteiger partial charge in [0.2, 0.25) is 0 Å². The predicted octanol–water partition coefficient (Wildman–Crippen LogP) is 3.85. The van der Waals surface area contributed by atoms with Gasteiger partial charge in [-0.2, -0.15) is 0 Å². The minimum atomic E-state index is -0.158. The van der Waals surface area contributed by atoms with E-state index in [-0.39, 0.29) is 11.3 Å². The van der Waals surface area contributed by atoms with Crippen molar-refractivity contribution < 1.29 is 4.79 Å². The fourth-order valence-corrected chi connectivity index (χ4v) is 3.24. The lowest BCUT2D eigenvalue weighted by Crippen LogP contribution is -2.31. The van der Waals surface area contributed by atoms with Gasteiger partial charge < -0.3 is 4.79 Å². The summed E-state index contributed by atoms with van der Waals surface area (Å²) in [4.78, 5) is 11.3. The van der Waals surface area contributed by atoms with E-state index in [1.807, 2.05) is 12.2 Å². The van der Waals surface area contributed by atoms with Crippen LogP contribution >= 0.6 is 0 Å². The molecule has 0 bridgehead atoms. The molecular weight excluding hydrogens is 208 g/mol. The maximum atomic E-state index is 11.3. The highest BCUT2D eigenvalue weighted by atomic mass is 16.1. The van der Waals surface area contributed by atoms with Crippen molar-refractivity contribution in [1.82, 2.24) is 0 Å². The summed E-state index contributed by atoms with van der Waals surface area (Å²) in [5.74, 6) is 0.387. The minimum absolute atomic E-state index is 0.0424. The Hall–Kier alpha value is -1.37. The Kier molecular flexibility index (Phi) is 2.94. The van der Waals surface area contributed by atoms with Gasteiger partial charge in [-0.25, -0.2) is 0 Å². The first kappa shape index (κ1) is 12.1. The number of carbonyl (C=O) groups excluding carboxylic acids is 1. The molecule has 0 aromatic rings. The van der Waals surface area contributed by atoms with Gasteiger partial charge >= 0.3 is 0 Å². The van der Waals surface area contributed by atoms with E-state index >= 15 is 0 Å². The monoisotopic (exact) mass is 228 g/mol. The van der Waals surface area contributed by atoms with Gasteiger partial charge in [0.1, 0.15) is 6.29 Å². The van der Waals surface area contributed by atoms with E-state index in [2.05, 4.69) is 45.9 Å². The molecule has 2 rings (SSSR count). The quantitative estimate of drug-likeness (QED) is 0.656. The van der Waals surface area contributed by atoms with Crippen LogP contribution in [0.4, 0.5) is 0 Å². The summed E-state index contributed by atoms with van der Waals surface area (Å²) < 4.78 is 0. The van der Waals surface area contributed by atoms with Crippen molar-refractivity contribution in [3.63, 3.8) is 0 Å². The zero-order chi connectivity index (χ0) is 12.6. The van der Waals surface area contributed by atoms with Crippen LogP contribution in [0.2, 0.25) is 0 Å². The third-order valence-electron chi connectivity index (χ3n) is 4.24. The van der Waals surface area contributed by atoms with Gasteiger partial charge in [0.15, 0.2) is 0 Å². The molecule has 1 nitrogen and oxygen atoms in total. The molecule has 2 aliphatic rings. The first-order valence-corrected chi connectivity index (χ1v) is 6.22. The summed E-state index contributed by atoms with van der Waals surface area (Å²) in [6.45, 7) is 8.72. The summed E-state index contributed by atoms with van der Waals surface area (Å²) in [7, 11) is 0. The molecule has 0 aliphatic heterocycles. The number of allylic oxidation sites excluding steroid dienone is 8. The highest BCUT2D eigenvalue weighted by Crippen LogP contribution is 2.48. The number of carbonyl (C=O) groups is 1. The third-order valence-corrected chi connectivity index (χ3v) is 4.24. The number of aldehydes is 1. The number of hydrogen-bond donors (Lipinski definition) is 0. The smallest absolute Gasteiger partial charge is 0.128 e. The largest absolute Gasteiger partial charge is 0.303 e. The van der Waals surface area contributed by atoms with Crippen LogP contribution < -0.4 is 0 Å². The molecule has 0 amide bonds. The zero-order valence-corrected chi connectivity index (χ0v) is 11.0. The highest BCUT2D eigenvalue weighted by Gasteiger charge is 2.39. The van der Waals surface area contributed by atoms with Crippen LogP contribution in [-0.2, 0) is 4.79 Å². The molecule has 0 radical (unpaired) electrons. The summed E-state index contributed by atoms with van der Waals surface area (Å²) in [5.41, 5.74) is 3.94. The molecule has 17 heavy (non-hydrogen) atoms. The second kappa shape index (κ2) is 4.14. The van der Waals surface area contributed by atoms with Crippen LogP contribution in [0.1, 0.15) is 27.7 Å². The summed E-state index contributed by atoms with van der Waals surface area (Å²) >= 11 is 0.